The number of nitrogens with one attached hydrogen (secondary N) is 3. The molecule has 1 atom stereocenters. The van der Waals surface area contributed by atoms with E-state index in [1.54, 1.807) is 0 Å². The summed E-state index contributed by atoms with van der Waals surface area (Å²) in [5.74, 6) is -0.166. The lowest BCUT2D eigenvalue weighted by atomic mass is 10.0. The average molecular weight is 273 g/mol. The molecule has 104 valence electrons. The molecule has 0 bridgehead atoms. The monoisotopic (exact) mass is 273 g/mol. The topological polar surface area (TPSA) is 99.8 Å². The highest BCUT2D eigenvalue weighted by atomic mass is 16.2. The molecule has 0 aliphatic carbocycles. The molecule has 20 heavy (non-hydrogen) atoms. The minimum absolute atomic E-state index is 0.115. The standard InChI is InChI=1S/C13H15N5O2/c1-9(19)16-11(10-5-3-2-4-6-10)7-12(20)17-13-14-8-15-18-13/h2-6,8,11H,7H2,1H3,(H,16,19)(H2,14,15,17,18,20). The van der Waals surface area contributed by atoms with Gasteiger partial charge in [0.05, 0.1) is 12.5 Å². The number of aromatic nitrogens is 3. The third-order valence-electron chi connectivity index (χ3n) is 2.64. The molecular weight excluding hydrogens is 258 g/mol. The van der Waals surface area contributed by atoms with Gasteiger partial charge in [-0.15, -0.1) is 0 Å². The molecule has 1 unspecified atom stereocenters. The summed E-state index contributed by atoms with van der Waals surface area (Å²) in [5, 5.41) is 11.5. The van der Waals surface area contributed by atoms with Crippen molar-refractivity contribution in [3.05, 3.63) is 42.2 Å². The van der Waals surface area contributed by atoms with Crippen LogP contribution in [0.4, 0.5) is 5.95 Å². The maximum atomic E-state index is 11.9. The van der Waals surface area contributed by atoms with Crippen molar-refractivity contribution < 1.29 is 9.59 Å². The molecule has 2 rings (SSSR count). The second kappa shape index (κ2) is 6.46. The van der Waals surface area contributed by atoms with Gasteiger partial charge in [-0.05, 0) is 5.56 Å². The maximum Gasteiger partial charge on any atom is 0.229 e. The number of amides is 2. The van der Waals surface area contributed by atoms with E-state index in [9.17, 15) is 9.59 Å². The van der Waals surface area contributed by atoms with Gasteiger partial charge in [-0.2, -0.15) is 10.1 Å². The van der Waals surface area contributed by atoms with Crippen molar-refractivity contribution in [3.63, 3.8) is 0 Å². The molecule has 0 spiro atoms. The molecule has 0 aliphatic rings. The van der Waals surface area contributed by atoms with Crippen LogP contribution in [0, 0.1) is 0 Å². The van der Waals surface area contributed by atoms with E-state index < -0.39 is 0 Å². The Morgan fingerprint density at radius 2 is 2.05 bits per heavy atom. The Labute approximate surface area is 115 Å². The first-order valence-corrected chi connectivity index (χ1v) is 6.12. The summed E-state index contributed by atoms with van der Waals surface area (Å²) in [5.41, 5.74) is 0.871. The number of aromatic amines is 1. The zero-order valence-corrected chi connectivity index (χ0v) is 11.0. The van der Waals surface area contributed by atoms with Crippen molar-refractivity contribution in [2.45, 2.75) is 19.4 Å². The van der Waals surface area contributed by atoms with Crippen LogP contribution in [-0.2, 0) is 9.59 Å². The summed E-state index contributed by atoms with van der Waals surface area (Å²) >= 11 is 0. The summed E-state index contributed by atoms with van der Waals surface area (Å²) in [6.07, 6.45) is 1.42. The minimum Gasteiger partial charge on any atom is -0.349 e. The fourth-order valence-electron chi connectivity index (χ4n) is 1.82. The van der Waals surface area contributed by atoms with Crippen LogP contribution in [0.2, 0.25) is 0 Å². The van der Waals surface area contributed by atoms with E-state index in [4.69, 9.17) is 0 Å². The van der Waals surface area contributed by atoms with Crippen LogP contribution >= 0.6 is 0 Å². The zero-order chi connectivity index (χ0) is 14.4. The van der Waals surface area contributed by atoms with Crippen molar-refractivity contribution in [3.8, 4) is 0 Å². The normalized spacial score (nSPS) is 11.7. The third kappa shape index (κ3) is 3.91. The Morgan fingerprint density at radius 3 is 2.65 bits per heavy atom. The Balaban J connectivity index is 2.04. The summed E-state index contributed by atoms with van der Waals surface area (Å²) in [6.45, 7) is 1.42. The molecular formula is C13H15N5O2. The van der Waals surface area contributed by atoms with E-state index in [1.165, 1.54) is 13.3 Å². The quantitative estimate of drug-likeness (QED) is 0.757. The SMILES string of the molecule is CC(=O)NC(CC(=O)Nc1ncn[nH]1)c1ccccc1. The molecule has 0 saturated heterocycles. The van der Waals surface area contributed by atoms with Crippen molar-refractivity contribution >= 4 is 17.8 Å². The summed E-state index contributed by atoms with van der Waals surface area (Å²) in [6, 6.07) is 8.95. The highest BCUT2D eigenvalue weighted by Crippen LogP contribution is 2.17. The van der Waals surface area contributed by atoms with Crippen LogP contribution in [0.5, 0.6) is 0 Å². The summed E-state index contributed by atoms with van der Waals surface area (Å²) < 4.78 is 0. The first kappa shape index (κ1) is 13.7. The van der Waals surface area contributed by atoms with Gasteiger partial charge in [-0.25, -0.2) is 5.10 Å². The van der Waals surface area contributed by atoms with Crippen molar-refractivity contribution in [2.75, 3.05) is 5.32 Å². The number of rotatable bonds is 5. The summed E-state index contributed by atoms with van der Waals surface area (Å²) in [7, 11) is 0. The molecule has 0 fully saturated rings. The Morgan fingerprint density at radius 1 is 1.30 bits per heavy atom. The lowest BCUT2D eigenvalue weighted by Crippen LogP contribution is -2.29. The minimum atomic E-state index is -0.378. The average Bonchev–Trinajstić information content (AvgIpc) is 2.91. The van der Waals surface area contributed by atoms with E-state index in [1.807, 2.05) is 30.3 Å². The molecule has 1 heterocycles. The van der Waals surface area contributed by atoms with E-state index in [-0.39, 0.29) is 30.2 Å². The molecule has 2 aromatic rings. The molecule has 0 aliphatic heterocycles. The molecule has 1 aromatic heterocycles. The zero-order valence-electron chi connectivity index (χ0n) is 11.0. The highest BCUT2D eigenvalue weighted by Gasteiger charge is 2.17. The lowest BCUT2D eigenvalue weighted by Gasteiger charge is -2.17. The number of H-pyrrole nitrogens is 1. The largest absolute Gasteiger partial charge is 0.349 e. The number of nitrogens with zero attached hydrogens (tertiary/aromatic N) is 2. The molecule has 0 radical (unpaired) electrons. The van der Waals surface area contributed by atoms with E-state index in [0.29, 0.717) is 0 Å². The molecule has 7 nitrogen and oxygen atoms in total. The highest BCUT2D eigenvalue weighted by molar-refractivity contribution is 5.89. The molecule has 2 amide bonds. The molecule has 0 saturated carbocycles. The smallest absolute Gasteiger partial charge is 0.229 e. The Hall–Kier alpha value is -2.70. The van der Waals surface area contributed by atoms with Crippen LogP contribution in [0.3, 0.4) is 0 Å². The second-order valence-electron chi connectivity index (χ2n) is 4.25. The van der Waals surface area contributed by atoms with Gasteiger partial charge >= 0.3 is 0 Å². The number of hydrogen-bond acceptors (Lipinski definition) is 4. The Kier molecular flexibility index (Phi) is 4.43. The lowest BCUT2D eigenvalue weighted by molar-refractivity contribution is -0.120. The Bertz CT molecular complexity index is 568. The van der Waals surface area contributed by atoms with Crippen LogP contribution in [0.1, 0.15) is 24.9 Å². The fourth-order valence-corrected chi connectivity index (χ4v) is 1.82. The van der Waals surface area contributed by atoms with E-state index in [0.717, 1.165) is 5.56 Å². The first-order chi connectivity index (χ1) is 9.65. The van der Waals surface area contributed by atoms with Gasteiger partial charge in [-0.1, -0.05) is 30.3 Å². The molecule has 1 aromatic carbocycles. The van der Waals surface area contributed by atoms with E-state index >= 15 is 0 Å². The van der Waals surface area contributed by atoms with Crippen LogP contribution in [-0.4, -0.2) is 27.0 Å². The summed E-state index contributed by atoms with van der Waals surface area (Å²) in [4.78, 5) is 27.0. The predicted molar refractivity (Wildman–Crippen MR) is 72.6 cm³/mol. The molecule has 7 heteroatoms. The maximum absolute atomic E-state index is 11.9. The van der Waals surface area contributed by atoms with Crippen LogP contribution in [0.15, 0.2) is 36.7 Å². The number of anilines is 1. The van der Waals surface area contributed by atoms with Gasteiger partial charge in [0.2, 0.25) is 17.8 Å². The fraction of sp³-hybridized carbons (Fsp3) is 0.231. The van der Waals surface area contributed by atoms with Crippen LogP contribution in [0.25, 0.3) is 0 Å². The van der Waals surface area contributed by atoms with E-state index in [2.05, 4.69) is 25.8 Å². The molecule has 3 N–H and O–H groups in total. The van der Waals surface area contributed by atoms with Gasteiger partial charge in [0.15, 0.2) is 0 Å². The van der Waals surface area contributed by atoms with Crippen molar-refractivity contribution in [2.24, 2.45) is 0 Å². The van der Waals surface area contributed by atoms with Crippen LogP contribution < -0.4 is 10.6 Å². The van der Waals surface area contributed by atoms with Crippen molar-refractivity contribution in [1.29, 1.82) is 0 Å². The third-order valence-corrected chi connectivity index (χ3v) is 2.64. The number of carbonyl (C=O) groups is 2. The van der Waals surface area contributed by atoms with Gasteiger partial charge in [0.25, 0.3) is 0 Å². The van der Waals surface area contributed by atoms with Gasteiger partial charge in [0.1, 0.15) is 6.33 Å². The first-order valence-electron chi connectivity index (χ1n) is 6.12. The number of hydrogen-bond donors (Lipinski definition) is 3. The van der Waals surface area contributed by atoms with Gasteiger partial charge < -0.3 is 5.32 Å². The number of carbonyl (C=O) groups excluding carboxylic acids is 2. The van der Waals surface area contributed by atoms with Gasteiger partial charge in [-0.3, -0.25) is 14.9 Å². The van der Waals surface area contributed by atoms with Crippen molar-refractivity contribution in [1.82, 2.24) is 20.5 Å². The van der Waals surface area contributed by atoms with Gasteiger partial charge in [0, 0.05) is 6.92 Å². The predicted octanol–water partition coefficient (Wildman–Crippen LogP) is 1.01. The number of benzene rings is 1. The second-order valence-corrected chi connectivity index (χ2v) is 4.25.